The van der Waals surface area contributed by atoms with Crippen LogP contribution in [-0.4, -0.2) is 53.6 Å². The van der Waals surface area contributed by atoms with Gasteiger partial charge in [-0.05, 0) is 13.8 Å². The standard InChI is InChI=1S/C9H16O5/c1-9(2)13-7-5(3-10)12-6(4-11)8(7)14-9/h5-8,10-11H,3-4H2,1-2H3/t5-,6?,7-,8+/m1/s1. The van der Waals surface area contributed by atoms with Crippen LogP contribution in [0.15, 0.2) is 0 Å². The van der Waals surface area contributed by atoms with Crippen LogP contribution in [0.5, 0.6) is 0 Å². The van der Waals surface area contributed by atoms with Crippen LogP contribution in [0.2, 0.25) is 0 Å². The van der Waals surface area contributed by atoms with Gasteiger partial charge in [-0.1, -0.05) is 0 Å². The van der Waals surface area contributed by atoms with Crippen molar-refractivity contribution in [3.8, 4) is 0 Å². The minimum atomic E-state index is -0.653. The Balaban J connectivity index is 2.12. The average molecular weight is 204 g/mol. The molecule has 2 heterocycles. The normalized spacial score (nSPS) is 45.4. The highest BCUT2D eigenvalue weighted by atomic mass is 16.8. The van der Waals surface area contributed by atoms with Gasteiger partial charge < -0.3 is 24.4 Å². The summed E-state index contributed by atoms with van der Waals surface area (Å²) >= 11 is 0. The second-order valence-corrected chi connectivity index (χ2v) is 4.14. The lowest BCUT2D eigenvalue weighted by atomic mass is 10.1. The summed E-state index contributed by atoms with van der Waals surface area (Å²) in [4.78, 5) is 0. The van der Waals surface area contributed by atoms with Gasteiger partial charge in [-0.3, -0.25) is 0 Å². The Morgan fingerprint density at radius 3 is 1.79 bits per heavy atom. The summed E-state index contributed by atoms with van der Waals surface area (Å²) < 4.78 is 16.6. The van der Waals surface area contributed by atoms with E-state index in [0.717, 1.165) is 0 Å². The van der Waals surface area contributed by atoms with Crippen LogP contribution >= 0.6 is 0 Å². The Labute approximate surface area is 82.6 Å². The highest BCUT2D eigenvalue weighted by Crippen LogP contribution is 2.38. The second-order valence-electron chi connectivity index (χ2n) is 4.14. The molecule has 0 amide bonds. The van der Waals surface area contributed by atoms with Gasteiger partial charge >= 0.3 is 0 Å². The van der Waals surface area contributed by atoms with E-state index >= 15 is 0 Å². The Hall–Kier alpha value is -0.200. The van der Waals surface area contributed by atoms with Crippen molar-refractivity contribution in [3.05, 3.63) is 0 Å². The minimum Gasteiger partial charge on any atom is -0.394 e. The third-order valence-corrected chi connectivity index (χ3v) is 2.61. The fourth-order valence-electron chi connectivity index (χ4n) is 2.07. The lowest BCUT2D eigenvalue weighted by Crippen LogP contribution is -2.32. The topological polar surface area (TPSA) is 68.2 Å². The van der Waals surface area contributed by atoms with E-state index in [4.69, 9.17) is 24.4 Å². The van der Waals surface area contributed by atoms with E-state index < -0.39 is 5.79 Å². The molecule has 14 heavy (non-hydrogen) atoms. The van der Waals surface area contributed by atoms with Crippen LogP contribution < -0.4 is 0 Å². The molecule has 0 aromatic heterocycles. The van der Waals surface area contributed by atoms with Crippen molar-refractivity contribution in [2.75, 3.05) is 13.2 Å². The summed E-state index contributed by atoms with van der Waals surface area (Å²) in [7, 11) is 0. The molecule has 5 nitrogen and oxygen atoms in total. The second kappa shape index (κ2) is 3.43. The molecule has 5 heteroatoms. The van der Waals surface area contributed by atoms with E-state index in [9.17, 15) is 0 Å². The average Bonchev–Trinajstić information content (AvgIpc) is 2.57. The molecule has 4 atom stereocenters. The third-order valence-electron chi connectivity index (χ3n) is 2.61. The maximum atomic E-state index is 9.05. The zero-order valence-electron chi connectivity index (χ0n) is 8.34. The molecule has 2 aliphatic heterocycles. The summed E-state index contributed by atoms with van der Waals surface area (Å²) in [6.45, 7) is 3.40. The molecule has 0 aromatic carbocycles. The van der Waals surface area contributed by atoms with Crippen molar-refractivity contribution in [1.29, 1.82) is 0 Å². The molecule has 0 aromatic rings. The number of fused-ring (bicyclic) bond motifs is 1. The Bertz CT molecular complexity index is 197. The number of ether oxygens (including phenoxy) is 3. The van der Waals surface area contributed by atoms with E-state index in [0.29, 0.717) is 0 Å². The zero-order chi connectivity index (χ0) is 10.3. The molecule has 0 radical (unpaired) electrons. The fourth-order valence-corrected chi connectivity index (χ4v) is 2.07. The summed E-state index contributed by atoms with van der Waals surface area (Å²) in [5, 5.41) is 18.1. The van der Waals surface area contributed by atoms with Crippen LogP contribution in [0.25, 0.3) is 0 Å². The number of aliphatic hydroxyl groups excluding tert-OH is 2. The summed E-state index contributed by atoms with van der Waals surface area (Å²) in [6.07, 6.45) is -1.32. The maximum Gasteiger partial charge on any atom is 0.164 e. The number of hydrogen-bond donors (Lipinski definition) is 2. The van der Waals surface area contributed by atoms with Crippen LogP contribution in [0.4, 0.5) is 0 Å². The summed E-state index contributed by atoms with van der Waals surface area (Å²) in [5.74, 6) is -0.653. The van der Waals surface area contributed by atoms with Gasteiger partial charge in [-0.15, -0.1) is 0 Å². The van der Waals surface area contributed by atoms with Crippen molar-refractivity contribution in [2.24, 2.45) is 0 Å². The van der Waals surface area contributed by atoms with Gasteiger partial charge in [0.2, 0.25) is 0 Å². The third kappa shape index (κ3) is 1.55. The molecular weight excluding hydrogens is 188 g/mol. The lowest BCUT2D eigenvalue weighted by Gasteiger charge is -2.22. The van der Waals surface area contributed by atoms with Gasteiger partial charge in [0.15, 0.2) is 5.79 Å². The predicted octanol–water partition coefficient (Wildman–Crippen LogP) is -0.742. The number of hydrogen-bond acceptors (Lipinski definition) is 5. The smallest absolute Gasteiger partial charge is 0.164 e. The molecule has 2 aliphatic rings. The van der Waals surface area contributed by atoms with Crippen molar-refractivity contribution in [3.63, 3.8) is 0 Å². The number of aliphatic hydroxyl groups is 2. The monoisotopic (exact) mass is 204 g/mol. The highest BCUT2D eigenvalue weighted by Gasteiger charge is 2.54. The first-order valence-corrected chi connectivity index (χ1v) is 4.80. The Kier molecular flexibility index (Phi) is 2.53. The molecule has 2 fully saturated rings. The lowest BCUT2D eigenvalue weighted by molar-refractivity contribution is -0.193. The van der Waals surface area contributed by atoms with Crippen LogP contribution in [0, 0.1) is 0 Å². The van der Waals surface area contributed by atoms with Crippen LogP contribution in [-0.2, 0) is 14.2 Å². The molecule has 1 unspecified atom stereocenters. The molecule has 0 saturated carbocycles. The molecular formula is C9H16O5. The first kappa shape index (κ1) is 10.3. The van der Waals surface area contributed by atoms with Gasteiger partial charge in [0.05, 0.1) is 13.2 Å². The summed E-state index contributed by atoms with van der Waals surface area (Å²) in [5.41, 5.74) is 0. The largest absolute Gasteiger partial charge is 0.394 e. The van der Waals surface area contributed by atoms with Gasteiger partial charge in [-0.25, -0.2) is 0 Å². The van der Waals surface area contributed by atoms with Crippen molar-refractivity contribution in [1.82, 2.24) is 0 Å². The molecule has 2 N–H and O–H groups in total. The molecule has 2 rings (SSSR count). The Morgan fingerprint density at radius 1 is 1.00 bits per heavy atom. The molecule has 0 spiro atoms. The van der Waals surface area contributed by atoms with E-state index in [1.165, 1.54) is 0 Å². The quantitative estimate of drug-likeness (QED) is 0.620. The van der Waals surface area contributed by atoms with E-state index in [1.54, 1.807) is 0 Å². The van der Waals surface area contributed by atoms with Crippen LogP contribution in [0.3, 0.4) is 0 Å². The first-order valence-electron chi connectivity index (χ1n) is 4.80. The molecule has 0 bridgehead atoms. The predicted molar refractivity (Wildman–Crippen MR) is 46.7 cm³/mol. The fraction of sp³-hybridized carbons (Fsp3) is 1.00. The van der Waals surface area contributed by atoms with Gasteiger partial charge in [0, 0.05) is 0 Å². The van der Waals surface area contributed by atoms with Gasteiger partial charge in [0.1, 0.15) is 24.4 Å². The molecule has 82 valence electrons. The van der Waals surface area contributed by atoms with E-state index in [2.05, 4.69) is 0 Å². The van der Waals surface area contributed by atoms with Crippen LogP contribution in [0.1, 0.15) is 13.8 Å². The summed E-state index contributed by atoms with van der Waals surface area (Å²) in [6, 6.07) is 0. The molecule has 2 saturated heterocycles. The minimum absolute atomic E-state index is 0.114. The SMILES string of the molecule is CC1(C)O[C@@H]2[C@@H](CO)OC(CO)[C@@H]2O1. The zero-order valence-corrected chi connectivity index (χ0v) is 8.34. The molecule has 0 aliphatic carbocycles. The van der Waals surface area contributed by atoms with E-state index in [1.807, 2.05) is 13.8 Å². The highest BCUT2D eigenvalue weighted by molar-refractivity contribution is 4.97. The van der Waals surface area contributed by atoms with Gasteiger partial charge in [-0.2, -0.15) is 0 Å². The van der Waals surface area contributed by atoms with Crippen molar-refractivity contribution < 1.29 is 24.4 Å². The maximum absolute atomic E-state index is 9.05. The first-order chi connectivity index (χ1) is 6.57. The Morgan fingerprint density at radius 2 is 1.43 bits per heavy atom. The van der Waals surface area contributed by atoms with Crippen molar-refractivity contribution >= 4 is 0 Å². The van der Waals surface area contributed by atoms with E-state index in [-0.39, 0.29) is 37.6 Å². The number of rotatable bonds is 2. The van der Waals surface area contributed by atoms with Crippen molar-refractivity contribution in [2.45, 2.75) is 44.1 Å². The van der Waals surface area contributed by atoms with Gasteiger partial charge in [0.25, 0.3) is 0 Å².